The molecular formula is C9H18N2O2. The number of rotatable bonds is 3. The average Bonchev–Trinajstić information content (AvgIpc) is 2.15. The Morgan fingerprint density at radius 3 is 3.08 bits per heavy atom. The molecule has 1 amide bonds. The lowest BCUT2D eigenvalue weighted by Crippen LogP contribution is -2.42. The highest BCUT2D eigenvalue weighted by atomic mass is 16.7. The molecule has 76 valence electrons. The highest BCUT2D eigenvalue weighted by Gasteiger charge is 2.19. The van der Waals surface area contributed by atoms with Crippen LogP contribution in [-0.4, -0.2) is 36.5 Å². The van der Waals surface area contributed by atoms with E-state index >= 15 is 0 Å². The van der Waals surface area contributed by atoms with E-state index in [4.69, 9.17) is 4.84 Å². The fraction of sp³-hybridized carbons (Fsp3) is 0.889. The topological polar surface area (TPSA) is 41.6 Å². The molecule has 1 saturated heterocycles. The van der Waals surface area contributed by atoms with E-state index in [2.05, 4.69) is 17.3 Å². The third kappa shape index (κ3) is 3.74. The molecule has 1 rings (SSSR count). The lowest BCUT2D eigenvalue weighted by atomic mass is 10.1. The van der Waals surface area contributed by atoms with Crippen molar-refractivity contribution in [3.8, 4) is 0 Å². The van der Waals surface area contributed by atoms with Gasteiger partial charge in [0.15, 0.2) is 0 Å². The highest BCUT2D eigenvalue weighted by molar-refractivity contribution is 5.71. The summed E-state index contributed by atoms with van der Waals surface area (Å²) in [7, 11) is 0. The third-order valence-corrected chi connectivity index (χ3v) is 2.28. The van der Waals surface area contributed by atoms with Gasteiger partial charge in [-0.1, -0.05) is 6.92 Å². The number of carbonyl (C=O) groups is 1. The average molecular weight is 186 g/mol. The van der Waals surface area contributed by atoms with E-state index in [0.717, 1.165) is 32.5 Å². The molecule has 0 aromatic rings. The lowest BCUT2D eigenvalue weighted by molar-refractivity contribution is -0.139. The van der Waals surface area contributed by atoms with Crippen LogP contribution in [0, 0.1) is 0 Å². The Balaban J connectivity index is 2.21. The number of amides is 1. The number of carbonyl (C=O) groups excluding carboxylic acids is 1. The zero-order chi connectivity index (χ0) is 9.68. The van der Waals surface area contributed by atoms with Crippen molar-refractivity contribution < 1.29 is 9.63 Å². The van der Waals surface area contributed by atoms with Crippen LogP contribution in [0.5, 0.6) is 0 Å². The van der Waals surface area contributed by atoms with E-state index < -0.39 is 0 Å². The first-order valence-corrected chi connectivity index (χ1v) is 4.87. The number of piperidine rings is 1. The zero-order valence-corrected chi connectivity index (χ0v) is 8.38. The molecule has 0 spiro atoms. The van der Waals surface area contributed by atoms with Gasteiger partial charge in [-0.05, 0) is 25.9 Å². The van der Waals surface area contributed by atoms with E-state index in [1.165, 1.54) is 6.92 Å². The van der Waals surface area contributed by atoms with Crippen LogP contribution in [0.2, 0.25) is 0 Å². The summed E-state index contributed by atoms with van der Waals surface area (Å²) in [6.07, 6.45) is 2.35. The van der Waals surface area contributed by atoms with Gasteiger partial charge in [-0.15, -0.1) is 0 Å². The van der Waals surface area contributed by atoms with Gasteiger partial charge in [0.2, 0.25) is 5.91 Å². The van der Waals surface area contributed by atoms with Gasteiger partial charge >= 0.3 is 0 Å². The van der Waals surface area contributed by atoms with Gasteiger partial charge in [0.25, 0.3) is 0 Å². The van der Waals surface area contributed by atoms with Gasteiger partial charge in [-0.2, -0.15) is 0 Å². The van der Waals surface area contributed by atoms with Crippen molar-refractivity contribution >= 4 is 5.91 Å². The molecule has 1 fully saturated rings. The summed E-state index contributed by atoms with van der Waals surface area (Å²) in [5.41, 5.74) is 2.39. The molecule has 1 unspecified atom stereocenters. The van der Waals surface area contributed by atoms with Crippen molar-refractivity contribution in [2.45, 2.75) is 32.8 Å². The Kier molecular flexibility index (Phi) is 4.18. The van der Waals surface area contributed by atoms with Crippen molar-refractivity contribution in [3.05, 3.63) is 0 Å². The van der Waals surface area contributed by atoms with Crippen LogP contribution in [0.15, 0.2) is 0 Å². The van der Waals surface area contributed by atoms with Crippen LogP contribution in [-0.2, 0) is 9.63 Å². The number of likely N-dealkylation sites (tertiary alicyclic amines) is 1. The van der Waals surface area contributed by atoms with Crippen molar-refractivity contribution in [3.63, 3.8) is 0 Å². The third-order valence-electron chi connectivity index (χ3n) is 2.28. The molecule has 1 aliphatic heterocycles. The fourth-order valence-electron chi connectivity index (χ4n) is 1.56. The minimum atomic E-state index is -0.131. The minimum Gasteiger partial charge on any atom is -0.301 e. The van der Waals surface area contributed by atoms with Crippen molar-refractivity contribution in [2.24, 2.45) is 0 Å². The molecule has 1 heterocycles. The smallest absolute Gasteiger partial charge is 0.240 e. The predicted molar refractivity (Wildman–Crippen MR) is 50.0 cm³/mol. The summed E-state index contributed by atoms with van der Waals surface area (Å²) in [4.78, 5) is 18.2. The van der Waals surface area contributed by atoms with E-state index in [1.807, 2.05) is 0 Å². The Bertz CT molecular complexity index is 173. The molecule has 0 saturated carbocycles. The van der Waals surface area contributed by atoms with Crippen molar-refractivity contribution in [1.82, 2.24) is 10.4 Å². The molecule has 0 aliphatic carbocycles. The van der Waals surface area contributed by atoms with Crippen LogP contribution in [0.1, 0.15) is 26.7 Å². The number of nitrogens with zero attached hydrogens (tertiary/aromatic N) is 1. The molecule has 1 atom stereocenters. The normalized spacial score (nSPS) is 24.3. The van der Waals surface area contributed by atoms with Crippen molar-refractivity contribution in [1.29, 1.82) is 0 Å². The van der Waals surface area contributed by atoms with Gasteiger partial charge < -0.3 is 4.90 Å². The zero-order valence-electron chi connectivity index (χ0n) is 8.38. The number of likely N-dealkylation sites (N-methyl/N-ethyl adjacent to an activating group) is 1. The summed E-state index contributed by atoms with van der Waals surface area (Å²) in [5, 5.41) is 0. The second-order valence-electron chi connectivity index (χ2n) is 3.43. The minimum absolute atomic E-state index is 0.131. The fourth-order valence-corrected chi connectivity index (χ4v) is 1.56. The summed E-state index contributed by atoms with van der Waals surface area (Å²) in [6, 6.07) is 0. The molecule has 0 aromatic heterocycles. The second kappa shape index (κ2) is 5.19. The van der Waals surface area contributed by atoms with E-state index in [0.29, 0.717) is 0 Å². The van der Waals surface area contributed by atoms with Crippen LogP contribution in [0.3, 0.4) is 0 Å². The molecule has 4 heteroatoms. The van der Waals surface area contributed by atoms with E-state index in [-0.39, 0.29) is 12.0 Å². The Hall–Kier alpha value is -0.610. The van der Waals surface area contributed by atoms with Crippen molar-refractivity contribution in [2.75, 3.05) is 19.6 Å². The number of nitrogens with one attached hydrogen (secondary N) is 1. The maximum absolute atomic E-state index is 10.6. The first-order valence-electron chi connectivity index (χ1n) is 4.87. The second-order valence-corrected chi connectivity index (χ2v) is 3.43. The highest BCUT2D eigenvalue weighted by Crippen LogP contribution is 2.11. The molecule has 4 nitrogen and oxygen atoms in total. The quantitative estimate of drug-likeness (QED) is 0.654. The predicted octanol–water partition coefficient (Wildman–Crippen LogP) is 0.538. The molecule has 1 aliphatic rings. The number of hydroxylamine groups is 1. The van der Waals surface area contributed by atoms with E-state index in [9.17, 15) is 4.79 Å². The van der Waals surface area contributed by atoms with Crippen LogP contribution in [0.25, 0.3) is 0 Å². The molecule has 13 heavy (non-hydrogen) atoms. The summed E-state index contributed by atoms with van der Waals surface area (Å²) < 4.78 is 0. The maximum Gasteiger partial charge on any atom is 0.240 e. The summed E-state index contributed by atoms with van der Waals surface area (Å²) in [6.45, 7) is 6.73. The number of hydrogen-bond acceptors (Lipinski definition) is 3. The van der Waals surface area contributed by atoms with Crippen LogP contribution < -0.4 is 5.48 Å². The van der Waals surface area contributed by atoms with Crippen LogP contribution >= 0.6 is 0 Å². The van der Waals surface area contributed by atoms with Gasteiger partial charge in [0.1, 0.15) is 0 Å². The summed E-state index contributed by atoms with van der Waals surface area (Å²) in [5.74, 6) is -0.131. The molecule has 1 N–H and O–H groups in total. The molecule has 0 bridgehead atoms. The first kappa shape index (κ1) is 10.5. The number of hydrogen-bond donors (Lipinski definition) is 1. The molecular weight excluding hydrogens is 168 g/mol. The summed E-state index contributed by atoms with van der Waals surface area (Å²) >= 11 is 0. The Morgan fingerprint density at radius 2 is 2.46 bits per heavy atom. The largest absolute Gasteiger partial charge is 0.301 e. The standard InChI is InChI=1S/C9H18N2O2/c1-3-11-6-4-5-9(7-11)13-10-8(2)12/h9H,3-7H2,1-2H3,(H,10,12). The monoisotopic (exact) mass is 186 g/mol. The maximum atomic E-state index is 10.6. The van der Waals surface area contributed by atoms with Gasteiger partial charge in [0.05, 0.1) is 6.10 Å². The SMILES string of the molecule is CCN1CCCC(ONC(C)=O)C1. The van der Waals surface area contributed by atoms with Gasteiger partial charge in [-0.25, -0.2) is 5.48 Å². The Morgan fingerprint density at radius 1 is 1.69 bits per heavy atom. The van der Waals surface area contributed by atoms with Crippen LogP contribution in [0.4, 0.5) is 0 Å². The Labute approximate surface area is 79.2 Å². The van der Waals surface area contributed by atoms with Gasteiger partial charge in [-0.3, -0.25) is 9.63 Å². The van der Waals surface area contributed by atoms with Gasteiger partial charge in [0, 0.05) is 13.5 Å². The molecule has 0 radical (unpaired) electrons. The lowest BCUT2D eigenvalue weighted by Gasteiger charge is -2.30. The van der Waals surface area contributed by atoms with E-state index in [1.54, 1.807) is 0 Å². The first-order chi connectivity index (χ1) is 6.22. The molecule has 0 aromatic carbocycles.